The summed E-state index contributed by atoms with van der Waals surface area (Å²) in [5.74, 6) is 0.737. The zero-order valence-corrected chi connectivity index (χ0v) is 9.82. The van der Waals surface area contributed by atoms with Gasteiger partial charge in [-0.2, -0.15) is 0 Å². The van der Waals surface area contributed by atoms with Gasteiger partial charge in [-0.25, -0.2) is 0 Å². The zero-order chi connectivity index (χ0) is 12.1. The van der Waals surface area contributed by atoms with Gasteiger partial charge in [0.1, 0.15) is 5.75 Å². The highest BCUT2D eigenvalue weighted by Gasteiger charge is 2.25. The second-order valence-electron chi connectivity index (χ2n) is 4.22. The smallest absolute Gasteiger partial charge is 0.261 e. The molecule has 1 heterocycles. The average Bonchev–Trinajstić information content (AvgIpc) is 2.74. The molecule has 4 heteroatoms. The van der Waals surface area contributed by atoms with Crippen molar-refractivity contribution in [2.24, 2.45) is 5.73 Å². The fourth-order valence-corrected chi connectivity index (χ4v) is 1.89. The molecular formula is C13H18N2O2. The summed E-state index contributed by atoms with van der Waals surface area (Å²) in [4.78, 5) is 11.3. The third-order valence-electron chi connectivity index (χ3n) is 2.87. The van der Waals surface area contributed by atoms with E-state index in [0.29, 0.717) is 13.1 Å². The minimum Gasteiger partial charge on any atom is -0.481 e. The molecule has 0 bridgehead atoms. The van der Waals surface area contributed by atoms with Gasteiger partial charge in [0.15, 0.2) is 6.10 Å². The van der Waals surface area contributed by atoms with Gasteiger partial charge in [-0.05, 0) is 37.1 Å². The Morgan fingerprint density at radius 1 is 1.35 bits per heavy atom. The van der Waals surface area contributed by atoms with Gasteiger partial charge in [0, 0.05) is 13.0 Å². The van der Waals surface area contributed by atoms with Crippen LogP contribution in [0.5, 0.6) is 5.75 Å². The average molecular weight is 234 g/mol. The number of nitrogens with two attached hydrogens (primary N) is 1. The van der Waals surface area contributed by atoms with Crippen LogP contribution in [0.2, 0.25) is 0 Å². The van der Waals surface area contributed by atoms with E-state index in [1.165, 1.54) is 5.56 Å². The lowest BCUT2D eigenvalue weighted by Gasteiger charge is -2.11. The molecule has 0 spiro atoms. The van der Waals surface area contributed by atoms with Crippen LogP contribution in [0.1, 0.15) is 18.4 Å². The van der Waals surface area contributed by atoms with E-state index in [2.05, 4.69) is 5.32 Å². The Morgan fingerprint density at radius 2 is 2.12 bits per heavy atom. The van der Waals surface area contributed by atoms with Crippen molar-refractivity contribution < 1.29 is 9.53 Å². The van der Waals surface area contributed by atoms with Crippen molar-refractivity contribution in [1.82, 2.24) is 5.32 Å². The maximum absolute atomic E-state index is 11.3. The first-order valence-corrected chi connectivity index (χ1v) is 6.03. The minimum absolute atomic E-state index is 0.0165. The van der Waals surface area contributed by atoms with Gasteiger partial charge >= 0.3 is 0 Å². The molecule has 0 aliphatic carbocycles. The molecule has 1 aliphatic heterocycles. The topological polar surface area (TPSA) is 64.3 Å². The highest BCUT2D eigenvalue weighted by atomic mass is 16.5. The molecule has 92 valence electrons. The summed E-state index contributed by atoms with van der Waals surface area (Å²) < 4.78 is 5.61. The molecule has 4 nitrogen and oxygen atoms in total. The molecule has 1 fully saturated rings. The third kappa shape index (κ3) is 3.20. The summed E-state index contributed by atoms with van der Waals surface area (Å²) in [5, 5.41) is 2.75. The Hall–Kier alpha value is -1.55. The van der Waals surface area contributed by atoms with E-state index in [4.69, 9.17) is 10.5 Å². The van der Waals surface area contributed by atoms with E-state index >= 15 is 0 Å². The number of nitrogens with one attached hydrogen (secondary N) is 1. The van der Waals surface area contributed by atoms with Gasteiger partial charge in [0.2, 0.25) is 0 Å². The van der Waals surface area contributed by atoms with Crippen molar-refractivity contribution >= 4 is 5.91 Å². The molecule has 0 aromatic heterocycles. The van der Waals surface area contributed by atoms with Gasteiger partial charge in [0.05, 0.1) is 0 Å². The van der Waals surface area contributed by atoms with Gasteiger partial charge in [0.25, 0.3) is 5.91 Å². The molecule has 1 atom stereocenters. The molecular weight excluding hydrogens is 216 g/mol. The number of carbonyl (C=O) groups excluding carboxylic acids is 1. The number of ether oxygens (including phenoxy) is 1. The second kappa shape index (κ2) is 5.68. The summed E-state index contributed by atoms with van der Waals surface area (Å²) in [5.41, 5.74) is 6.71. The van der Waals surface area contributed by atoms with Crippen molar-refractivity contribution in [2.45, 2.75) is 25.4 Å². The number of benzene rings is 1. The number of hydrogen-bond donors (Lipinski definition) is 2. The molecule has 1 aromatic carbocycles. The van der Waals surface area contributed by atoms with E-state index in [1.807, 2.05) is 24.3 Å². The molecule has 1 aliphatic rings. The molecule has 1 unspecified atom stereocenters. The second-order valence-corrected chi connectivity index (χ2v) is 4.22. The predicted octanol–water partition coefficient (Wildman–Crippen LogP) is 0.845. The molecule has 1 amide bonds. The first-order chi connectivity index (χ1) is 8.29. The van der Waals surface area contributed by atoms with Crippen LogP contribution < -0.4 is 15.8 Å². The Morgan fingerprint density at radius 3 is 2.71 bits per heavy atom. The fourth-order valence-electron chi connectivity index (χ4n) is 1.89. The number of rotatable bonds is 5. The van der Waals surface area contributed by atoms with E-state index in [1.54, 1.807) is 0 Å². The van der Waals surface area contributed by atoms with E-state index < -0.39 is 0 Å². The van der Waals surface area contributed by atoms with Crippen molar-refractivity contribution in [3.05, 3.63) is 29.8 Å². The lowest BCUT2D eigenvalue weighted by Crippen LogP contribution is -2.27. The Balaban J connectivity index is 1.91. The van der Waals surface area contributed by atoms with Gasteiger partial charge in [-0.15, -0.1) is 0 Å². The highest BCUT2D eigenvalue weighted by Crippen LogP contribution is 2.17. The largest absolute Gasteiger partial charge is 0.481 e. The third-order valence-corrected chi connectivity index (χ3v) is 2.87. The van der Waals surface area contributed by atoms with Crippen LogP contribution in [0.25, 0.3) is 0 Å². The predicted molar refractivity (Wildman–Crippen MR) is 65.9 cm³/mol. The maximum atomic E-state index is 11.3. The van der Waals surface area contributed by atoms with Crippen LogP contribution in [0.3, 0.4) is 0 Å². The molecule has 3 N–H and O–H groups in total. The van der Waals surface area contributed by atoms with Crippen molar-refractivity contribution in [3.63, 3.8) is 0 Å². The minimum atomic E-state index is -0.329. The quantitative estimate of drug-likeness (QED) is 0.793. The number of aryl methyl sites for hydroxylation is 1. The zero-order valence-electron chi connectivity index (χ0n) is 9.82. The molecule has 2 rings (SSSR count). The number of amides is 1. The fraction of sp³-hybridized carbons (Fsp3) is 0.462. The lowest BCUT2D eigenvalue weighted by molar-refractivity contribution is -0.124. The monoisotopic (exact) mass is 234 g/mol. The van der Waals surface area contributed by atoms with Gasteiger partial charge in [-0.1, -0.05) is 12.1 Å². The summed E-state index contributed by atoms with van der Waals surface area (Å²) in [6.07, 6.45) is 2.39. The Bertz CT molecular complexity index is 376. The van der Waals surface area contributed by atoms with E-state index in [0.717, 1.165) is 25.0 Å². The normalized spacial score (nSPS) is 19.1. The van der Waals surface area contributed by atoms with Crippen LogP contribution in [0.15, 0.2) is 24.3 Å². The molecule has 17 heavy (non-hydrogen) atoms. The molecule has 1 saturated heterocycles. The van der Waals surface area contributed by atoms with Crippen LogP contribution >= 0.6 is 0 Å². The first-order valence-electron chi connectivity index (χ1n) is 6.03. The Kier molecular flexibility index (Phi) is 3.98. The number of carbonyl (C=O) groups is 1. The van der Waals surface area contributed by atoms with Crippen molar-refractivity contribution in [3.8, 4) is 5.75 Å². The van der Waals surface area contributed by atoms with Crippen molar-refractivity contribution in [1.29, 1.82) is 0 Å². The van der Waals surface area contributed by atoms with Crippen LogP contribution in [0, 0.1) is 0 Å². The Labute approximate surface area is 101 Å². The van der Waals surface area contributed by atoms with Crippen LogP contribution in [-0.2, 0) is 11.2 Å². The molecule has 0 radical (unpaired) electrons. The standard InChI is InChI=1S/C13H18N2O2/c14-8-1-2-10-3-5-11(6-4-10)17-12-7-9-15-13(12)16/h3-6,12H,1-2,7-9,14H2,(H,15,16). The number of hydrogen-bond acceptors (Lipinski definition) is 3. The SMILES string of the molecule is NCCCc1ccc(OC2CCNC2=O)cc1. The van der Waals surface area contributed by atoms with Crippen LogP contribution in [-0.4, -0.2) is 25.1 Å². The van der Waals surface area contributed by atoms with Crippen LogP contribution in [0.4, 0.5) is 0 Å². The molecule has 1 aromatic rings. The first kappa shape index (κ1) is 11.9. The van der Waals surface area contributed by atoms with Gasteiger partial charge in [-0.3, -0.25) is 4.79 Å². The van der Waals surface area contributed by atoms with Gasteiger partial charge < -0.3 is 15.8 Å². The highest BCUT2D eigenvalue weighted by molar-refractivity contribution is 5.83. The van der Waals surface area contributed by atoms with Crippen molar-refractivity contribution in [2.75, 3.05) is 13.1 Å². The summed E-state index contributed by atoms with van der Waals surface area (Å²) in [6, 6.07) is 7.88. The van der Waals surface area contributed by atoms with E-state index in [-0.39, 0.29) is 12.0 Å². The lowest BCUT2D eigenvalue weighted by atomic mass is 10.1. The summed E-state index contributed by atoms with van der Waals surface area (Å²) >= 11 is 0. The summed E-state index contributed by atoms with van der Waals surface area (Å²) in [6.45, 7) is 1.42. The molecule has 0 saturated carbocycles. The van der Waals surface area contributed by atoms with E-state index in [9.17, 15) is 4.79 Å². The maximum Gasteiger partial charge on any atom is 0.261 e. The summed E-state index contributed by atoms with van der Waals surface area (Å²) in [7, 11) is 0.